The van der Waals surface area contributed by atoms with Gasteiger partial charge in [-0.05, 0) is 6.42 Å². The second-order valence-corrected chi connectivity index (χ2v) is 6.11. The first kappa shape index (κ1) is 14.5. The Hall–Kier alpha value is -1.57. The molecule has 0 bridgehead atoms. The number of nitrogens with one attached hydrogen (secondary N) is 1. The Morgan fingerprint density at radius 1 is 1.44 bits per heavy atom. The molecule has 18 heavy (non-hydrogen) atoms. The molecule has 8 heteroatoms. The molecular weight excluding hydrogens is 256 g/mol. The Balaban J connectivity index is 2.66. The second kappa shape index (κ2) is 6.39. The smallest absolute Gasteiger partial charge is 0.242 e. The van der Waals surface area contributed by atoms with Crippen molar-refractivity contribution >= 4 is 21.3 Å². The third-order valence-corrected chi connectivity index (χ3v) is 3.00. The van der Waals surface area contributed by atoms with E-state index in [9.17, 15) is 8.42 Å². The van der Waals surface area contributed by atoms with Crippen LogP contribution in [-0.2, 0) is 9.84 Å². The summed E-state index contributed by atoms with van der Waals surface area (Å²) in [6, 6.07) is 0. The molecule has 3 N–H and O–H groups in total. The highest BCUT2D eigenvalue weighted by atomic mass is 32.2. The summed E-state index contributed by atoms with van der Waals surface area (Å²) in [5, 5.41) is 2.85. The predicted molar refractivity (Wildman–Crippen MR) is 70.4 cm³/mol. The maximum atomic E-state index is 11.0. The van der Waals surface area contributed by atoms with Gasteiger partial charge in [-0.1, -0.05) is 6.92 Å². The van der Waals surface area contributed by atoms with Crippen molar-refractivity contribution in [1.29, 1.82) is 0 Å². The molecule has 0 amide bonds. The van der Waals surface area contributed by atoms with Crippen LogP contribution in [0, 0.1) is 0 Å². The van der Waals surface area contributed by atoms with Crippen LogP contribution < -0.4 is 15.8 Å². The molecular formula is C10H18N4O3S. The van der Waals surface area contributed by atoms with Gasteiger partial charge in [0.05, 0.1) is 12.4 Å². The van der Waals surface area contributed by atoms with Crippen molar-refractivity contribution in [1.82, 2.24) is 9.97 Å². The molecule has 7 nitrogen and oxygen atoms in total. The third-order valence-electron chi connectivity index (χ3n) is 2.06. The molecule has 0 atom stereocenters. The molecule has 1 aromatic heterocycles. The van der Waals surface area contributed by atoms with Crippen molar-refractivity contribution in [2.75, 3.05) is 36.2 Å². The van der Waals surface area contributed by atoms with Gasteiger partial charge in [0.2, 0.25) is 5.88 Å². The molecule has 1 aromatic rings. The normalized spacial score (nSPS) is 11.2. The van der Waals surface area contributed by atoms with E-state index in [0.717, 1.165) is 6.42 Å². The van der Waals surface area contributed by atoms with Crippen molar-refractivity contribution in [2.24, 2.45) is 0 Å². The van der Waals surface area contributed by atoms with E-state index in [1.54, 1.807) is 0 Å². The molecule has 0 aliphatic rings. The first-order valence-electron chi connectivity index (χ1n) is 5.59. The van der Waals surface area contributed by atoms with Crippen LogP contribution in [0.5, 0.6) is 5.88 Å². The zero-order valence-electron chi connectivity index (χ0n) is 10.5. The summed E-state index contributed by atoms with van der Waals surface area (Å²) in [6.07, 6.45) is 3.35. The second-order valence-electron chi connectivity index (χ2n) is 3.85. The third kappa shape index (κ3) is 4.74. The van der Waals surface area contributed by atoms with Crippen LogP contribution in [0.25, 0.3) is 0 Å². The highest BCUT2D eigenvalue weighted by molar-refractivity contribution is 7.90. The van der Waals surface area contributed by atoms with Gasteiger partial charge in [0, 0.05) is 12.8 Å². The lowest BCUT2D eigenvalue weighted by Crippen LogP contribution is -2.16. The molecule has 0 aromatic carbocycles. The molecule has 0 unspecified atom stereocenters. The average molecular weight is 274 g/mol. The monoisotopic (exact) mass is 274 g/mol. The lowest BCUT2D eigenvalue weighted by Gasteiger charge is -2.11. The molecule has 0 radical (unpaired) electrons. The van der Waals surface area contributed by atoms with Crippen molar-refractivity contribution < 1.29 is 13.2 Å². The Morgan fingerprint density at radius 3 is 2.78 bits per heavy atom. The maximum Gasteiger partial charge on any atom is 0.242 e. The molecule has 1 heterocycles. The molecule has 0 saturated carbocycles. The summed E-state index contributed by atoms with van der Waals surface area (Å²) in [5.41, 5.74) is 6.10. The van der Waals surface area contributed by atoms with Crippen LogP contribution >= 0.6 is 0 Å². The number of nitrogens with zero attached hydrogens (tertiary/aromatic N) is 2. The van der Waals surface area contributed by atoms with Crippen molar-refractivity contribution in [3.05, 3.63) is 6.33 Å². The Morgan fingerprint density at radius 2 is 2.17 bits per heavy atom. The SMILES string of the molecule is CCCOc1ncnc(NCCS(C)(=O)=O)c1N. The zero-order chi connectivity index (χ0) is 13.6. The molecule has 0 saturated heterocycles. The van der Waals surface area contributed by atoms with Gasteiger partial charge in [-0.3, -0.25) is 0 Å². The molecule has 0 aliphatic heterocycles. The number of anilines is 2. The van der Waals surface area contributed by atoms with Gasteiger partial charge in [-0.2, -0.15) is 4.98 Å². The Kier molecular flexibility index (Phi) is 5.14. The fourth-order valence-corrected chi connectivity index (χ4v) is 1.66. The number of nitrogen functional groups attached to an aromatic ring is 1. The average Bonchev–Trinajstić information content (AvgIpc) is 2.28. The van der Waals surface area contributed by atoms with E-state index in [-0.39, 0.29) is 12.3 Å². The van der Waals surface area contributed by atoms with E-state index < -0.39 is 9.84 Å². The van der Waals surface area contributed by atoms with Gasteiger partial charge in [0.1, 0.15) is 21.9 Å². The summed E-state index contributed by atoms with van der Waals surface area (Å²) in [6.45, 7) is 2.74. The minimum Gasteiger partial charge on any atom is -0.476 e. The standard InChI is InChI=1S/C10H18N4O3S/c1-3-5-17-10-8(11)9(13-7-14-10)12-4-6-18(2,15)16/h7H,3-6,11H2,1-2H3,(H,12,13,14). The van der Waals surface area contributed by atoms with Crippen LogP contribution in [-0.4, -0.2) is 43.5 Å². The van der Waals surface area contributed by atoms with Gasteiger partial charge in [0.25, 0.3) is 0 Å². The minimum absolute atomic E-state index is 0.0155. The van der Waals surface area contributed by atoms with Gasteiger partial charge >= 0.3 is 0 Å². The Labute approximate surface area is 107 Å². The van der Waals surface area contributed by atoms with E-state index in [0.29, 0.717) is 24.0 Å². The van der Waals surface area contributed by atoms with Gasteiger partial charge in [0.15, 0.2) is 5.82 Å². The number of sulfone groups is 1. The van der Waals surface area contributed by atoms with Crippen LogP contribution in [0.2, 0.25) is 0 Å². The quantitative estimate of drug-likeness (QED) is 0.736. The van der Waals surface area contributed by atoms with Crippen LogP contribution in [0.3, 0.4) is 0 Å². The molecule has 0 aliphatic carbocycles. The van der Waals surface area contributed by atoms with E-state index in [1.807, 2.05) is 6.92 Å². The summed E-state index contributed by atoms with van der Waals surface area (Å²) in [4.78, 5) is 7.86. The largest absolute Gasteiger partial charge is 0.476 e. The first-order chi connectivity index (χ1) is 8.44. The molecule has 0 fully saturated rings. The van der Waals surface area contributed by atoms with Crippen molar-refractivity contribution in [2.45, 2.75) is 13.3 Å². The van der Waals surface area contributed by atoms with Crippen LogP contribution in [0.4, 0.5) is 11.5 Å². The zero-order valence-corrected chi connectivity index (χ0v) is 11.3. The highest BCUT2D eigenvalue weighted by Crippen LogP contribution is 2.24. The van der Waals surface area contributed by atoms with Crippen LogP contribution in [0.1, 0.15) is 13.3 Å². The number of nitrogens with two attached hydrogens (primary N) is 1. The van der Waals surface area contributed by atoms with Gasteiger partial charge in [-0.15, -0.1) is 0 Å². The summed E-state index contributed by atoms with van der Waals surface area (Å²) >= 11 is 0. The van der Waals surface area contributed by atoms with Gasteiger partial charge < -0.3 is 15.8 Å². The van der Waals surface area contributed by atoms with Crippen molar-refractivity contribution in [3.63, 3.8) is 0 Å². The molecule has 0 spiro atoms. The highest BCUT2D eigenvalue weighted by Gasteiger charge is 2.09. The fourth-order valence-electron chi connectivity index (χ4n) is 1.19. The lowest BCUT2D eigenvalue weighted by molar-refractivity contribution is 0.307. The summed E-state index contributed by atoms with van der Waals surface area (Å²) in [7, 11) is -3.01. The predicted octanol–water partition coefficient (Wildman–Crippen LogP) is 0.304. The first-order valence-corrected chi connectivity index (χ1v) is 7.65. The fraction of sp³-hybridized carbons (Fsp3) is 0.600. The van der Waals surface area contributed by atoms with Gasteiger partial charge in [-0.25, -0.2) is 13.4 Å². The van der Waals surface area contributed by atoms with Crippen molar-refractivity contribution in [3.8, 4) is 5.88 Å². The summed E-state index contributed by atoms with van der Waals surface area (Å²) < 4.78 is 27.3. The minimum atomic E-state index is -3.01. The number of aromatic nitrogens is 2. The molecule has 1 rings (SSSR count). The number of ether oxygens (including phenoxy) is 1. The lowest BCUT2D eigenvalue weighted by atomic mass is 10.4. The number of rotatable bonds is 7. The van der Waals surface area contributed by atoms with E-state index in [1.165, 1.54) is 12.6 Å². The number of hydrogen-bond donors (Lipinski definition) is 2. The topological polar surface area (TPSA) is 107 Å². The number of hydrogen-bond acceptors (Lipinski definition) is 7. The molecule has 102 valence electrons. The summed E-state index contributed by atoms with van der Waals surface area (Å²) in [5.74, 6) is 0.718. The Bertz CT molecular complexity index is 490. The van der Waals surface area contributed by atoms with E-state index in [2.05, 4.69) is 15.3 Å². The van der Waals surface area contributed by atoms with Crippen LogP contribution in [0.15, 0.2) is 6.33 Å². The maximum absolute atomic E-state index is 11.0. The van der Waals surface area contributed by atoms with E-state index in [4.69, 9.17) is 10.5 Å². The van der Waals surface area contributed by atoms with E-state index >= 15 is 0 Å².